The number of carbonyl (C=O) groups is 1. The second-order valence-electron chi connectivity index (χ2n) is 5.49. The van der Waals surface area contributed by atoms with Crippen LogP contribution >= 0.6 is 11.6 Å². The normalized spacial score (nSPS) is 10.8. The van der Waals surface area contributed by atoms with E-state index in [0.717, 1.165) is 17.8 Å². The Morgan fingerprint density at radius 3 is 2.58 bits per heavy atom. The molecule has 24 heavy (non-hydrogen) atoms. The van der Waals surface area contributed by atoms with E-state index < -0.39 is 10.7 Å². The van der Waals surface area contributed by atoms with Crippen molar-refractivity contribution in [3.05, 3.63) is 38.3 Å². The first-order valence-corrected chi connectivity index (χ1v) is 7.82. The molecule has 2 rings (SSSR count). The van der Waals surface area contributed by atoms with Crippen molar-refractivity contribution in [1.82, 2.24) is 24.9 Å². The van der Waals surface area contributed by atoms with E-state index in [-0.39, 0.29) is 17.5 Å². The summed E-state index contributed by atoms with van der Waals surface area (Å²) in [6.07, 6.45) is 0.729. The quantitative estimate of drug-likeness (QED) is 0.463. The zero-order chi connectivity index (χ0) is 17.9. The molecule has 9 nitrogen and oxygen atoms in total. The highest BCUT2D eigenvalue weighted by Gasteiger charge is 2.24. The number of aryl methyl sites for hydroxylation is 3. The molecule has 0 bridgehead atoms. The van der Waals surface area contributed by atoms with Crippen LogP contribution in [0.3, 0.4) is 0 Å². The van der Waals surface area contributed by atoms with Gasteiger partial charge in [0.2, 0.25) is 5.91 Å². The highest BCUT2D eigenvalue weighted by atomic mass is 35.5. The van der Waals surface area contributed by atoms with Gasteiger partial charge in [-0.15, -0.1) is 0 Å². The van der Waals surface area contributed by atoms with Crippen molar-refractivity contribution in [1.29, 1.82) is 0 Å². The Balaban J connectivity index is 1.82. The first-order valence-electron chi connectivity index (χ1n) is 7.44. The van der Waals surface area contributed by atoms with Gasteiger partial charge < -0.3 is 15.4 Å². The third-order valence-electron chi connectivity index (χ3n) is 3.56. The largest absolute Gasteiger partial charge is 0.408 e. The fraction of sp³-hybridized carbons (Fsp3) is 0.500. The Morgan fingerprint density at radius 2 is 2.04 bits per heavy atom. The molecule has 1 N–H and O–H groups in total. The van der Waals surface area contributed by atoms with Gasteiger partial charge in [-0.3, -0.25) is 9.48 Å². The van der Waals surface area contributed by atoms with Gasteiger partial charge in [0.05, 0.1) is 16.5 Å². The van der Waals surface area contributed by atoms with Gasteiger partial charge in [-0.1, -0.05) is 11.6 Å². The number of rotatable bonds is 7. The topological polar surface area (TPSA) is 108 Å². The summed E-state index contributed by atoms with van der Waals surface area (Å²) in [4.78, 5) is 22.0. The summed E-state index contributed by atoms with van der Waals surface area (Å²) in [6.45, 7) is 6.57. The number of carbonyl (C=O) groups excluding carboxylic acids is 1. The minimum atomic E-state index is -0.669. The predicted octanol–water partition coefficient (Wildman–Crippen LogP) is 1.77. The summed E-state index contributed by atoms with van der Waals surface area (Å²) >= 11 is 5.84. The lowest BCUT2D eigenvalue weighted by atomic mass is 10.3. The Labute approximate surface area is 143 Å². The van der Waals surface area contributed by atoms with Crippen LogP contribution in [0.2, 0.25) is 5.02 Å². The smallest absolute Gasteiger partial charge is 0.358 e. The van der Waals surface area contributed by atoms with Crippen LogP contribution in [-0.4, -0.2) is 36.9 Å². The van der Waals surface area contributed by atoms with Gasteiger partial charge in [0.25, 0.3) is 0 Å². The molecule has 10 heteroatoms. The standard InChI is InChI=1S/C14H19ClN6O3/c1-9-7-10(2)19(17-9)6-4-5-16-12(22)8-20-11(3)13(15)14(18-20)21(23)24/h7H,4-6,8H2,1-3H3,(H,16,22). The monoisotopic (exact) mass is 354 g/mol. The van der Waals surface area contributed by atoms with Crippen molar-refractivity contribution in [2.75, 3.05) is 6.54 Å². The molecule has 2 heterocycles. The van der Waals surface area contributed by atoms with E-state index in [1.54, 1.807) is 6.92 Å². The first-order chi connectivity index (χ1) is 11.3. The molecule has 2 aromatic heterocycles. The van der Waals surface area contributed by atoms with Gasteiger partial charge >= 0.3 is 5.82 Å². The Hall–Kier alpha value is -2.42. The van der Waals surface area contributed by atoms with Crippen LogP contribution in [0.4, 0.5) is 5.82 Å². The molecule has 0 atom stereocenters. The molecular formula is C14H19ClN6O3. The number of nitro groups is 1. The lowest BCUT2D eigenvalue weighted by Gasteiger charge is -2.06. The van der Waals surface area contributed by atoms with Crippen molar-refractivity contribution in [3.8, 4) is 0 Å². The van der Waals surface area contributed by atoms with Crippen molar-refractivity contribution in [2.24, 2.45) is 0 Å². The highest BCUT2D eigenvalue weighted by molar-refractivity contribution is 6.33. The van der Waals surface area contributed by atoms with E-state index in [9.17, 15) is 14.9 Å². The van der Waals surface area contributed by atoms with Gasteiger partial charge in [-0.25, -0.2) is 0 Å². The molecule has 0 aromatic carbocycles. The van der Waals surface area contributed by atoms with Gasteiger partial charge in [0.1, 0.15) is 6.54 Å². The summed E-state index contributed by atoms with van der Waals surface area (Å²) in [5.74, 6) is -0.716. The summed E-state index contributed by atoms with van der Waals surface area (Å²) in [6, 6.07) is 2.00. The Bertz CT molecular complexity index is 767. The number of nitrogens with zero attached hydrogens (tertiary/aromatic N) is 5. The van der Waals surface area contributed by atoms with E-state index >= 15 is 0 Å². The number of hydrogen-bond acceptors (Lipinski definition) is 5. The number of nitrogens with one attached hydrogen (secondary N) is 1. The van der Waals surface area contributed by atoms with E-state index in [4.69, 9.17) is 11.6 Å². The zero-order valence-corrected chi connectivity index (χ0v) is 14.5. The van der Waals surface area contributed by atoms with E-state index in [0.29, 0.717) is 18.8 Å². The lowest BCUT2D eigenvalue weighted by molar-refractivity contribution is -0.389. The van der Waals surface area contributed by atoms with Crippen molar-refractivity contribution < 1.29 is 9.72 Å². The van der Waals surface area contributed by atoms with Crippen LogP contribution in [0.1, 0.15) is 23.5 Å². The predicted molar refractivity (Wildman–Crippen MR) is 88.0 cm³/mol. The maximum atomic E-state index is 11.9. The van der Waals surface area contributed by atoms with Gasteiger partial charge in [0, 0.05) is 18.8 Å². The van der Waals surface area contributed by atoms with Crippen LogP contribution in [0, 0.1) is 30.9 Å². The zero-order valence-electron chi connectivity index (χ0n) is 13.7. The fourth-order valence-electron chi connectivity index (χ4n) is 2.33. The van der Waals surface area contributed by atoms with Crippen LogP contribution in [0.25, 0.3) is 0 Å². The summed E-state index contributed by atoms with van der Waals surface area (Å²) < 4.78 is 3.12. The first kappa shape index (κ1) is 17.9. The average Bonchev–Trinajstić information content (AvgIpc) is 2.97. The van der Waals surface area contributed by atoms with Crippen molar-refractivity contribution in [3.63, 3.8) is 0 Å². The molecule has 0 saturated carbocycles. The maximum Gasteiger partial charge on any atom is 0.408 e. The van der Waals surface area contributed by atoms with Gasteiger partial charge in [-0.05, 0) is 38.2 Å². The number of aromatic nitrogens is 4. The Kier molecular flexibility index (Phi) is 5.55. The minimum Gasteiger partial charge on any atom is -0.358 e. The third-order valence-corrected chi connectivity index (χ3v) is 4.00. The van der Waals surface area contributed by atoms with Crippen LogP contribution in [-0.2, 0) is 17.9 Å². The highest BCUT2D eigenvalue weighted by Crippen LogP contribution is 2.26. The molecule has 0 fully saturated rings. The number of amides is 1. The summed E-state index contributed by atoms with van der Waals surface area (Å²) in [5, 5.41) is 21.6. The maximum absolute atomic E-state index is 11.9. The molecule has 0 aliphatic carbocycles. The fourth-order valence-corrected chi connectivity index (χ4v) is 2.53. The molecule has 2 aromatic rings. The molecule has 0 saturated heterocycles. The second kappa shape index (κ2) is 7.43. The van der Waals surface area contributed by atoms with Gasteiger partial charge in [-0.2, -0.15) is 9.78 Å². The number of halogens is 1. The van der Waals surface area contributed by atoms with Crippen LogP contribution in [0.15, 0.2) is 6.07 Å². The molecule has 130 valence electrons. The molecule has 1 amide bonds. The SMILES string of the molecule is Cc1cc(C)n(CCCNC(=O)Cn2nc([N+](=O)[O-])c(Cl)c2C)n1. The van der Waals surface area contributed by atoms with E-state index in [1.807, 2.05) is 24.6 Å². The van der Waals surface area contributed by atoms with Crippen LogP contribution in [0.5, 0.6) is 0 Å². The summed E-state index contributed by atoms with van der Waals surface area (Å²) in [5.41, 5.74) is 2.43. The third kappa shape index (κ3) is 4.10. The minimum absolute atomic E-state index is 0.0441. The van der Waals surface area contributed by atoms with Gasteiger partial charge in [0.15, 0.2) is 5.02 Å². The number of hydrogen-bond donors (Lipinski definition) is 1. The second-order valence-corrected chi connectivity index (χ2v) is 5.87. The summed E-state index contributed by atoms with van der Waals surface area (Å²) in [7, 11) is 0. The van der Waals surface area contributed by atoms with E-state index in [2.05, 4.69) is 15.5 Å². The molecule has 0 radical (unpaired) electrons. The molecule has 0 aliphatic heterocycles. The Morgan fingerprint density at radius 1 is 1.33 bits per heavy atom. The molecule has 0 spiro atoms. The molecular weight excluding hydrogens is 336 g/mol. The van der Waals surface area contributed by atoms with E-state index in [1.165, 1.54) is 4.68 Å². The van der Waals surface area contributed by atoms with Crippen molar-refractivity contribution in [2.45, 2.75) is 40.3 Å². The van der Waals surface area contributed by atoms with Crippen molar-refractivity contribution >= 4 is 23.3 Å². The molecule has 0 aliphatic rings. The average molecular weight is 355 g/mol. The molecule has 0 unspecified atom stereocenters. The lowest BCUT2D eigenvalue weighted by Crippen LogP contribution is -2.29. The van der Waals surface area contributed by atoms with Crippen LogP contribution < -0.4 is 5.32 Å².